The molecule has 0 aliphatic carbocycles. The van der Waals surface area contributed by atoms with E-state index in [1.54, 1.807) is 30.3 Å². The number of thiocarbonyl (C=S) groups is 1. The van der Waals surface area contributed by atoms with Crippen molar-refractivity contribution in [1.82, 2.24) is 10.7 Å². The second kappa shape index (κ2) is 6.15. The van der Waals surface area contributed by atoms with E-state index in [1.807, 2.05) is 0 Å². The summed E-state index contributed by atoms with van der Waals surface area (Å²) in [5.74, 6) is 0.0668. The Hall–Kier alpha value is -1.73. The third kappa shape index (κ3) is 3.23. The molecular formula is C13H15N3O2S2. The molecule has 1 aromatic carbocycles. The maximum atomic E-state index is 12.0. The van der Waals surface area contributed by atoms with Gasteiger partial charge in [-0.05, 0) is 18.3 Å². The molecule has 5 nitrogen and oxygen atoms in total. The van der Waals surface area contributed by atoms with Gasteiger partial charge in [-0.2, -0.15) is 5.10 Å². The van der Waals surface area contributed by atoms with Crippen LogP contribution in [0.15, 0.2) is 46.9 Å². The van der Waals surface area contributed by atoms with Gasteiger partial charge in [0, 0.05) is 18.5 Å². The average Bonchev–Trinajstić information content (AvgIpc) is 2.44. The minimum Gasteiger partial charge on any atom is -0.358 e. The van der Waals surface area contributed by atoms with Gasteiger partial charge in [-0.3, -0.25) is 5.43 Å². The van der Waals surface area contributed by atoms with Crippen molar-refractivity contribution < 1.29 is 8.42 Å². The first kappa shape index (κ1) is 14.7. The highest BCUT2D eigenvalue weighted by molar-refractivity contribution is 7.91. The fourth-order valence-electron chi connectivity index (χ4n) is 1.89. The predicted molar refractivity (Wildman–Crippen MR) is 83.6 cm³/mol. The van der Waals surface area contributed by atoms with E-state index in [2.05, 4.69) is 22.4 Å². The van der Waals surface area contributed by atoms with E-state index < -0.39 is 9.84 Å². The summed E-state index contributed by atoms with van der Waals surface area (Å²) in [6.45, 7) is 4.12. The maximum Gasteiger partial charge on any atom is 0.187 e. The molecule has 0 unspecified atom stereocenters. The van der Waals surface area contributed by atoms with Crippen molar-refractivity contribution in [2.24, 2.45) is 5.10 Å². The number of fused-ring (bicyclic) bond motifs is 1. The van der Waals surface area contributed by atoms with Gasteiger partial charge in [0.15, 0.2) is 14.9 Å². The molecular weight excluding hydrogens is 294 g/mol. The monoisotopic (exact) mass is 309 g/mol. The Morgan fingerprint density at radius 1 is 1.45 bits per heavy atom. The third-order valence-corrected chi connectivity index (χ3v) is 4.84. The van der Waals surface area contributed by atoms with Crippen LogP contribution in [0.25, 0.3) is 0 Å². The van der Waals surface area contributed by atoms with Crippen LogP contribution >= 0.6 is 12.2 Å². The smallest absolute Gasteiger partial charge is 0.187 e. The van der Waals surface area contributed by atoms with Gasteiger partial charge >= 0.3 is 0 Å². The Bertz CT molecular complexity index is 666. The molecule has 1 aliphatic heterocycles. The van der Waals surface area contributed by atoms with Crippen LogP contribution in [0.2, 0.25) is 0 Å². The van der Waals surface area contributed by atoms with E-state index in [0.29, 0.717) is 34.2 Å². The van der Waals surface area contributed by atoms with E-state index >= 15 is 0 Å². The highest BCUT2D eigenvalue weighted by atomic mass is 32.2. The zero-order valence-corrected chi connectivity index (χ0v) is 12.4. The summed E-state index contributed by atoms with van der Waals surface area (Å²) < 4.78 is 23.9. The lowest BCUT2D eigenvalue weighted by molar-refractivity contribution is 0.594. The van der Waals surface area contributed by atoms with Crippen molar-refractivity contribution >= 4 is 32.9 Å². The van der Waals surface area contributed by atoms with Gasteiger partial charge in [0.05, 0.1) is 16.4 Å². The van der Waals surface area contributed by atoms with Gasteiger partial charge in [0.1, 0.15) is 0 Å². The zero-order valence-electron chi connectivity index (χ0n) is 10.8. The molecule has 0 radical (unpaired) electrons. The average molecular weight is 309 g/mol. The Morgan fingerprint density at radius 2 is 2.20 bits per heavy atom. The fourth-order valence-corrected chi connectivity index (χ4v) is 3.51. The molecule has 0 saturated carbocycles. The molecule has 0 amide bonds. The predicted octanol–water partition coefficient (Wildman–Crippen LogP) is 1.22. The number of benzene rings is 1. The van der Waals surface area contributed by atoms with Crippen LogP contribution in [0.4, 0.5) is 0 Å². The molecule has 0 saturated heterocycles. The van der Waals surface area contributed by atoms with E-state index in [1.165, 1.54) is 0 Å². The van der Waals surface area contributed by atoms with Crippen LogP contribution in [0.5, 0.6) is 0 Å². The van der Waals surface area contributed by atoms with Crippen molar-refractivity contribution in [3.8, 4) is 0 Å². The van der Waals surface area contributed by atoms with Crippen LogP contribution in [0.3, 0.4) is 0 Å². The number of hydrazone groups is 1. The molecule has 1 aliphatic rings. The summed E-state index contributed by atoms with van der Waals surface area (Å²) in [6, 6.07) is 6.87. The van der Waals surface area contributed by atoms with Crippen molar-refractivity contribution in [2.45, 2.75) is 11.3 Å². The molecule has 0 bridgehead atoms. The molecule has 1 heterocycles. The SMILES string of the molecule is C=CCNC(=S)N/N=C1/CCS(=O)(=O)c2ccccc21. The van der Waals surface area contributed by atoms with Gasteiger partial charge in [0.2, 0.25) is 0 Å². The Labute approximate surface area is 123 Å². The number of hydrogen-bond donors (Lipinski definition) is 2. The molecule has 0 fully saturated rings. The quantitative estimate of drug-likeness (QED) is 0.499. The molecule has 0 aromatic heterocycles. The van der Waals surface area contributed by atoms with E-state index in [9.17, 15) is 8.42 Å². The second-order valence-electron chi connectivity index (χ2n) is 4.23. The lowest BCUT2D eigenvalue weighted by Gasteiger charge is -2.18. The van der Waals surface area contributed by atoms with Crippen molar-refractivity contribution in [3.05, 3.63) is 42.5 Å². The van der Waals surface area contributed by atoms with E-state index in [-0.39, 0.29) is 5.75 Å². The highest BCUT2D eigenvalue weighted by Gasteiger charge is 2.27. The summed E-state index contributed by atoms with van der Waals surface area (Å²) in [5.41, 5.74) is 4.05. The van der Waals surface area contributed by atoms with Gasteiger partial charge in [-0.1, -0.05) is 24.3 Å². The molecule has 1 aromatic rings. The summed E-state index contributed by atoms with van der Waals surface area (Å²) in [4.78, 5) is 0.330. The summed E-state index contributed by atoms with van der Waals surface area (Å²) in [6.07, 6.45) is 2.06. The maximum absolute atomic E-state index is 12.0. The Balaban J connectivity index is 2.22. The molecule has 0 spiro atoms. The van der Waals surface area contributed by atoms with Crippen molar-refractivity contribution in [1.29, 1.82) is 0 Å². The van der Waals surface area contributed by atoms with Crippen LogP contribution in [-0.4, -0.2) is 31.5 Å². The van der Waals surface area contributed by atoms with Crippen LogP contribution in [0, 0.1) is 0 Å². The van der Waals surface area contributed by atoms with Gasteiger partial charge < -0.3 is 5.32 Å². The molecule has 7 heteroatoms. The molecule has 20 heavy (non-hydrogen) atoms. The fraction of sp³-hybridized carbons (Fsp3) is 0.231. The lowest BCUT2D eigenvalue weighted by atomic mass is 10.1. The number of nitrogens with one attached hydrogen (secondary N) is 2. The zero-order chi connectivity index (χ0) is 14.6. The lowest BCUT2D eigenvalue weighted by Crippen LogP contribution is -2.33. The van der Waals surface area contributed by atoms with Gasteiger partial charge in [-0.15, -0.1) is 6.58 Å². The summed E-state index contributed by atoms with van der Waals surface area (Å²) >= 11 is 5.04. The number of hydrogen-bond acceptors (Lipinski definition) is 4. The first-order valence-corrected chi connectivity index (χ1v) is 8.14. The minimum atomic E-state index is -3.20. The minimum absolute atomic E-state index is 0.0668. The Morgan fingerprint density at radius 3 is 2.95 bits per heavy atom. The van der Waals surface area contributed by atoms with Crippen LogP contribution in [-0.2, 0) is 9.84 Å². The van der Waals surface area contributed by atoms with Crippen molar-refractivity contribution in [3.63, 3.8) is 0 Å². The largest absolute Gasteiger partial charge is 0.358 e. The second-order valence-corrected chi connectivity index (χ2v) is 6.72. The number of nitrogens with zero attached hydrogens (tertiary/aromatic N) is 1. The molecule has 0 atom stereocenters. The Kier molecular flexibility index (Phi) is 4.51. The number of sulfone groups is 1. The first-order valence-electron chi connectivity index (χ1n) is 6.08. The third-order valence-electron chi connectivity index (χ3n) is 2.84. The summed E-state index contributed by atoms with van der Waals surface area (Å²) in [7, 11) is -3.20. The first-order chi connectivity index (χ1) is 9.54. The highest BCUT2D eigenvalue weighted by Crippen LogP contribution is 2.24. The summed E-state index contributed by atoms with van der Waals surface area (Å²) in [5, 5.41) is 7.47. The van der Waals surface area contributed by atoms with E-state index in [0.717, 1.165) is 0 Å². The van der Waals surface area contributed by atoms with E-state index in [4.69, 9.17) is 12.2 Å². The normalized spacial score (nSPS) is 18.1. The van der Waals surface area contributed by atoms with Gasteiger partial charge in [-0.25, -0.2) is 8.42 Å². The van der Waals surface area contributed by atoms with Gasteiger partial charge in [0.25, 0.3) is 0 Å². The van der Waals surface area contributed by atoms with Crippen molar-refractivity contribution in [2.75, 3.05) is 12.3 Å². The topological polar surface area (TPSA) is 70.6 Å². The molecule has 2 N–H and O–H groups in total. The molecule has 106 valence electrons. The standard InChI is InChI=1S/C13H15N3O2S2/c1-2-8-14-13(19)16-15-11-7-9-20(17,18)12-6-4-3-5-10(11)12/h2-6H,1,7-9H2,(H2,14,16,19)/b15-11-. The van der Waals surface area contributed by atoms with Crippen LogP contribution in [0.1, 0.15) is 12.0 Å². The number of rotatable bonds is 3. The van der Waals surface area contributed by atoms with Crippen LogP contribution < -0.4 is 10.7 Å². The molecule has 2 rings (SSSR count).